The lowest BCUT2D eigenvalue weighted by molar-refractivity contribution is -0.136. The summed E-state index contributed by atoms with van der Waals surface area (Å²) in [6.07, 6.45) is 0. The molecule has 5 nitrogen and oxygen atoms in total. The van der Waals surface area contributed by atoms with E-state index >= 15 is 0 Å². The summed E-state index contributed by atoms with van der Waals surface area (Å²) in [5.74, 6) is 0.0575. The lowest BCUT2D eigenvalue weighted by atomic mass is 10.1. The first kappa shape index (κ1) is 19.0. The fourth-order valence-corrected chi connectivity index (χ4v) is 3.26. The Bertz CT molecular complexity index is 594. The number of nitrogens with zero attached hydrogens (tertiary/aromatic N) is 2. The van der Waals surface area contributed by atoms with E-state index in [9.17, 15) is 9.59 Å². The van der Waals surface area contributed by atoms with Crippen molar-refractivity contribution >= 4 is 40.7 Å². The average Bonchev–Trinajstić information content (AvgIpc) is 2.52. The first-order valence-electron chi connectivity index (χ1n) is 8.07. The van der Waals surface area contributed by atoms with E-state index in [1.54, 1.807) is 18.2 Å². The van der Waals surface area contributed by atoms with Crippen LogP contribution in [0.4, 0.5) is 5.69 Å². The summed E-state index contributed by atoms with van der Waals surface area (Å²) < 4.78 is 0. The van der Waals surface area contributed by atoms with Crippen LogP contribution >= 0.6 is 23.2 Å². The van der Waals surface area contributed by atoms with Crippen LogP contribution in [-0.2, 0) is 9.59 Å². The molecule has 0 spiro atoms. The van der Waals surface area contributed by atoms with Crippen LogP contribution in [0.5, 0.6) is 0 Å². The maximum absolute atomic E-state index is 12.4. The van der Waals surface area contributed by atoms with Gasteiger partial charge in [0.05, 0.1) is 6.04 Å². The number of amides is 2. The summed E-state index contributed by atoms with van der Waals surface area (Å²) >= 11 is 11.9. The average molecular weight is 372 g/mol. The molecule has 1 heterocycles. The molecule has 0 aromatic heterocycles. The Morgan fingerprint density at radius 1 is 1.00 bits per heavy atom. The van der Waals surface area contributed by atoms with Crippen molar-refractivity contribution < 1.29 is 9.59 Å². The second-order valence-electron chi connectivity index (χ2n) is 6.34. The topological polar surface area (TPSA) is 52.7 Å². The van der Waals surface area contributed by atoms with Crippen molar-refractivity contribution in [1.29, 1.82) is 0 Å². The van der Waals surface area contributed by atoms with Gasteiger partial charge in [-0.05, 0) is 25.1 Å². The molecule has 7 heteroatoms. The second-order valence-corrected chi connectivity index (χ2v) is 7.21. The molecule has 0 saturated carbocycles. The molecule has 0 radical (unpaired) electrons. The summed E-state index contributed by atoms with van der Waals surface area (Å²) in [6, 6.07) is 4.65. The summed E-state index contributed by atoms with van der Waals surface area (Å²) in [4.78, 5) is 28.4. The first-order chi connectivity index (χ1) is 11.3. The summed E-state index contributed by atoms with van der Waals surface area (Å²) in [5.41, 5.74) is 0.581. The number of piperazine rings is 1. The monoisotopic (exact) mass is 371 g/mol. The van der Waals surface area contributed by atoms with Gasteiger partial charge in [-0.2, -0.15) is 0 Å². The zero-order valence-corrected chi connectivity index (χ0v) is 15.7. The minimum atomic E-state index is -0.293. The molecular formula is C17H23Cl2N3O2. The van der Waals surface area contributed by atoms with E-state index in [0.29, 0.717) is 41.9 Å². The van der Waals surface area contributed by atoms with Gasteiger partial charge in [-0.15, -0.1) is 0 Å². The van der Waals surface area contributed by atoms with E-state index in [1.165, 1.54) is 0 Å². The van der Waals surface area contributed by atoms with Crippen molar-refractivity contribution in [1.82, 2.24) is 9.80 Å². The SMILES string of the molecule is CC(C)C(=O)N1CCN([C@@H](C)C(=O)Nc2cc(Cl)cc(Cl)c2)CC1. The van der Waals surface area contributed by atoms with Crippen LogP contribution in [-0.4, -0.2) is 53.8 Å². The molecule has 2 amide bonds. The van der Waals surface area contributed by atoms with Gasteiger partial charge in [-0.1, -0.05) is 37.0 Å². The van der Waals surface area contributed by atoms with Gasteiger partial charge in [0, 0.05) is 47.8 Å². The predicted octanol–water partition coefficient (Wildman–Crippen LogP) is 3.12. The van der Waals surface area contributed by atoms with Gasteiger partial charge in [0.15, 0.2) is 0 Å². The molecule has 0 bridgehead atoms. The Kier molecular flexibility index (Phi) is 6.49. The summed E-state index contributed by atoms with van der Waals surface area (Å²) in [6.45, 7) is 8.34. The van der Waals surface area contributed by atoms with Crippen molar-refractivity contribution in [2.75, 3.05) is 31.5 Å². The van der Waals surface area contributed by atoms with Crippen LogP contribution in [0.15, 0.2) is 18.2 Å². The van der Waals surface area contributed by atoms with Crippen molar-refractivity contribution in [3.05, 3.63) is 28.2 Å². The smallest absolute Gasteiger partial charge is 0.241 e. The molecule has 2 rings (SSSR count). The van der Waals surface area contributed by atoms with Gasteiger partial charge < -0.3 is 10.2 Å². The third kappa shape index (κ3) is 4.85. The van der Waals surface area contributed by atoms with Crippen LogP contribution in [0.25, 0.3) is 0 Å². The van der Waals surface area contributed by atoms with Gasteiger partial charge in [-0.3, -0.25) is 14.5 Å². The van der Waals surface area contributed by atoms with Crippen LogP contribution < -0.4 is 5.32 Å². The quantitative estimate of drug-likeness (QED) is 0.884. The molecule has 1 aliphatic rings. The first-order valence-corrected chi connectivity index (χ1v) is 8.83. The predicted molar refractivity (Wildman–Crippen MR) is 97.5 cm³/mol. The Balaban J connectivity index is 1.91. The second kappa shape index (κ2) is 8.19. The van der Waals surface area contributed by atoms with Crippen molar-refractivity contribution in [3.8, 4) is 0 Å². The van der Waals surface area contributed by atoms with E-state index < -0.39 is 0 Å². The molecule has 1 fully saturated rings. The standard InChI is InChI=1S/C17H23Cl2N3O2/c1-11(2)17(24)22-6-4-21(5-7-22)12(3)16(23)20-15-9-13(18)8-14(19)10-15/h8-12H,4-7H2,1-3H3,(H,20,23)/t12-/m0/s1. The van der Waals surface area contributed by atoms with Crippen LogP contribution in [0, 0.1) is 5.92 Å². The molecular weight excluding hydrogens is 349 g/mol. The minimum Gasteiger partial charge on any atom is -0.340 e. The van der Waals surface area contributed by atoms with E-state index in [4.69, 9.17) is 23.2 Å². The molecule has 24 heavy (non-hydrogen) atoms. The number of hydrogen-bond donors (Lipinski definition) is 1. The van der Waals surface area contributed by atoms with E-state index in [-0.39, 0.29) is 23.8 Å². The lowest BCUT2D eigenvalue weighted by Crippen LogP contribution is -2.54. The number of carbonyl (C=O) groups is 2. The molecule has 1 aromatic carbocycles. The number of halogens is 2. The van der Waals surface area contributed by atoms with E-state index in [0.717, 1.165) is 0 Å². The fourth-order valence-electron chi connectivity index (χ4n) is 2.73. The summed E-state index contributed by atoms with van der Waals surface area (Å²) in [7, 11) is 0. The third-order valence-corrected chi connectivity index (χ3v) is 4.61. The van der Waals surface area contributed by atoms with Crippen molar-refractivity contribution in [2.24, 2.45) is 5.92 Å². The highest BCUT2D eigenvalue weighted by Crippen LogP contribution is 2.23. The zero-order valence-electron chi connectivity index (χ0n) is 14.2. The number of nitrogens with one attached hydrogen (secondary N) is 1. The van der Waals surface area contributed by atoms with Gasteiger partial charge >= 0.3 is 0 Å². The Morgan fingerprint density at radius 2 is 1.54 bits per heavy atom. The largest absolute Gasteiger partial charge is 0.340 e. The zero-order chi connectivity index (χ0) is 17.9. The molecule has 1 atom stereocenters. The highest BCUT2D eigenvalue weighted by Gasteiger charge is 2.28. The van der Waals surface area contributed by atoms with Gasteiger partial charge in [0.1, 0.15) is 0 Å². The van der Waals surface area contributed by atoms with Crippen LogP contribution in [0.2, 0.25) is 10.0 Å². The van der Waals surface area contributed by atoms with E-state index in [2.05, 4.69) is 10.2 Å². The molecule has 132 valence electrons. The number of anilines is 1. The maximum Gasteiger partial charge on any atom is 0.241 e. The number of benzene rings is 1. The molecule has 1 aliphatic heterocycles. The molecule has 1 N–H and O–H groups in total. The normalized spacial score (nSPS) is 17.0. The molecule has 1 saturated heterocycles. The Labute approximate surface area is 152 Å². The van der Waals surface area contributed by atoms with Crippen molar-refractivity contribution in [3.63, 3.8) is 0 Å². The summed E-state index contributed by atoms with van der Waals surface area (Å²) in [5, 5.41) is 3.80. The molecule has 0 aliphatic carbocycles. The highest BCUT2D eigenvalue weighted by atomic mass is 35.5. The van der Waals surface area contributed by atoms with E-state index in [1.807, 2.05) is 25.7 Å². The number of carbonyl (C=O) groups excluding carboxylic acids is 2. The van der Waals surface area contributed by atoms with Crippen LogP contribution in [0.3, 0.4) is 0 Å². The Hall–Kier alpha value is -1.30. The fraction of sp³-hybridized carbons (Fsp3) is 0.529. The third-order valence-electron chi connectivity index (χ3n) is 4.18. The molecule has 0 unspecified atom stereocenters. The molecule has 1 aromatic rings. The number of hydrogen-bond acceptors (Lipinski definition) is 3. The van der Waals surface area contributed by atoms with Gasteiger partial charge in [0.2, 0.25) is 11.8 Å². The highest BCUT2D eigenvalue weighted by molar-refractivity contribution is 6.35. The van der Waals surface area contributed by atoms with Gasteiger partial charge in [-0.25, -0.2) is 0 Å². The number of rotatable bonds is 4. The minimum absolute atomic E-state index is 0.00449. The Morgan fingerprint density at radius 3 is 2.04 bits per heavy atom. The lowest BCUT2D eigenvalue weighted by Gasteiger charge is -2.38. The van der Waals surface area contributed by atoms with Crippen LogP contribution in [0.1, 0.15) is 20.8 Å². The van der Waals surface area contributed by atoms with Crippen molar-refractivity contribution in [2.45, 2.75) is 26.8 Å². The van der Waals surface area contributed by atoms with Gasteiger partial charge in [0.25, 0.3) is 0 Å². The maximum atomic E-state index is 12.4.